The van der Waals surface area contributed by atoms with Crippen LogP contribution in [0.3, 0.4) is 0 Å². The Bertz CT molecular complexity index is 358. The van der Waals surface area contributed by atoms with Crippen LogP contribution < -0.4 is 22.9 Å². The smallest absolute Gasteiger partial charge is 0.222 e. The first-order chi connectivity index (χ1) is 7.90. The van der Waals surface area contributed by atoms with Crippen LogP contribution >= 0.6 is 0 Å². The quantitative estimate of drug-likeness (QED) is 0.220. The van der Waals surface area contributed by atoms with E-state index in [1.807, 2.05) is 0 Å². The zero-order valence-electron chi connectivity index (χ0n) is 9.02. The number of ether oxygens (including phenoxy) is 1. The van der Waals surface area contributed by atoms with E-state index in [4.69, 9.17) is 27.7 Å². The van der Waals surface area contributed by atoms with Crippen molar-refractivity contribution < 1.29 is 14.9 Å². The number of aliphatic imine (C=N–C) groups is 2. The maximum atomic E-state index is 9.68. The van der Waals surface area contributed by atoms with Crippen molar-refractivity contribution in [3.63, 3.8) is 0 Å². The third-order valence-corrected chi connectivity index (χ3v) is 1.99. The van der Waals surface area contributed by atoms with Gasteiger partial charge in [-0.15, -0.1) is 0 Å². The van der Waals surface area contributed by atoms with Crippen LogP contribution in [0.2, 0.25) is 0 Å². The van der Waals surface area contributed by atoms with Crippen molar-refractivity contribution in [2.75, 3.05) is 6.54 Å². The first kappa shape index (κ1) is 13.1. The molecule has 1 heterocycles. The number of aliphatic hydroxyl groups is 2. The number of nitrogens with zero attached hydrogens (tertiary/aromatic N) is 2. The summed E-state index contributed by atoms with van der Waals surface area (Å²) in [4.78, 5) is 7.32. The Hall–Kier alpha value is -2.00. The number of aliphatic hydroxyl groups excluding tert-OH is 2. The summed E-state index contributed by atoms with van der Waals surface area (Å²) in [5, 5.41) is 19.3. The minimum Gasteiger partial charge on any atom is -0.465 e. The van der Waals surface area contributed by atoms with Gasteiger partial charge in [0.2, 0.25) is 6.29 Å². The van der Waals surface area contributed by atoms with Gasteiger partial charge in [-0.3, -0.25) is 0 Å². The molecule has 96 valence electrons. The second-order valence-electron chi connectivity index (χ2n) is 3.42. The normalized spacial score (nSPS) is 27.6. The van der Waals surface area contributed by atoms with E-state index < -0.39 is 18.4 Å². The molecule has 0 aliphatic carbocycles. The van der Waals surface area contributed by atoms with Gasteiger partial charge in [0.1, 0.15) is 24.4 Å². The fourth-order valence-corrected chi connectivity index (χ4v) is 1.29. The highest BCUT2D eigenvalue weighted by atomic mass is 16.6. The largest absolute Gasteiger partial charge is 0.465 e. The summed E-state index contributed by atoms with van der Waals surface area (Å²) in [6, 6.07) is -0.969. The summed E-state index contributed by atoms with van der Waals surface area (Å²) >= 11 is 0. The minimum atomic E-state index is -1.36. The second-order valence-corrected chi connectivity index (χ2v) is 3.42. The molecule has 3 atom stereocenters. The molecule has 0 spiro atoms. The molecule has 9 nitrogen and oxygen atoms in total. The van der Waals surface area contributed by atoms with Gasteiger partial charge in [0, 0.05) is 0 Å². The Balaban J connectivity index is 2.76. The lowest BCUT2D eigenvalue weighted by Crippen LogP contribution is -2.43. The van der Waals surface area contributed by atoms with Crippen LogP contribution in [0.25, 0.3) is 0 Å². The van der Waals surface area contributed by atoms with E-state index in [2.05, 4.69) is 9.98 Å². The molecule has 0 aromatic carbocycles. The molecule has 10 N–H and O–H groups in total. The van der Waals surface area contributed by atoms with Gasteiger partial charge in [-0.1, -0.05) is 0 Å². The molecule has 0 saturated carbocycles. The van der Waals surface area contributed by atoms with Crippen LogP contribution in [0.15, 0.2) is 21.8 Å². The maximum Gasteiger partial charge on any atom is 0.222 e. The zero-order valence-corrected chi connectivity index (χ0v) is 9.02. The Kier molecular flexibility index (Phi) is 4.12. The van der Waals surface area contributed by atoms with Crippen molar-refractivity contribution >= 4 is 11.9 Å². The predicted molar refractivity (Wildman–Crippen MR) is 61.5 cm³/mol. The summed E-state index contributed by atoms with van der Waals surface area (Å²) in [6.45, 7) is 0.0188. The maximum absolute atomic E-state index is 9.68. The second kappa shape index (κ2) is 5.37. The summed E-state index contributed by atoms with van der Waals surface area (Å²) < 4.78 is 5.04. The summed E-state index contributed by atoms with van der Waals surface area (Å²) in [5.41, 5.74) is 20.6. The van der Waals surface area contributed by atoms with E-state index in [9.17, 15) is 10.2 Å². The Morgan fingerprint density at radius 3 is 2.35 bits per heavy atom. The van der Waals surface area contributed by atoms with Crippen molar-refractivity contribution in [1.29, 1.82) is 0 Å². The first-order valence-electron chi connectivity index (χ1n) is 4.77. The number of hydrogen-bond acceptors (Lipinski definition) is 5. The predicted octanol–water partition coefficient (Wildman–Crippen LogP) is -3.50. The monoisotopic (exact) mass is 244 g/mol. The Morgan fingerprint density at radius 1 is 1.24 bits per heavy atom. The molecular formula is C8H16N6O3. The summed E-state index contributed by atoms with van der Waals surface area (Å²) in [5.74, 6) is -0.136. The molecule has 1 rings (SSSR count). The van der Waals surface area contributed by atoms with Gasteiger partial charge in [0.05, 0.1) is 0 Å². The van der Waals surface area contributed by atoms with Crippen molar-refractivity contribution in [3.8, 4) is 0 Å². The third-order valence-electron chi connectivity index (χ3n) is 1.99. The van der Waals surface area contributed by atoms with E-state index >= 15 is 0 Å². The topological polar surface area (TPSA) is 178 Å². The molecule has 1 aliphatic heterocycles. The van der Waals surface area contributed by atoms with Crippen molar-refractivity contribution in [2.45, 2.75) is 18.4 Å². The Labute approximate surface area is 97.5 Å². The molecule has 3 unspecified atom stereocenters. The lowest BCUT2D eigenvalue weighted by Gasteiger charge is -2.29. The standard InChI is InChI=1S/C8H16N6O3/c9-7(10)13-2-3-1-4(15)5(6(16)17-3)14-8(11)12/h1,4-6,15-16H,2H2,(H4,9,10,13)(H4,11,12,14). The number of hydrogen-bond donors (Lipinski definition) is 6. The lowest BCUT2D eigenvalue weighted by molar-refractivity contribution is -0.111. The molecule has 0 radical (unpaired) electrons. The number of rotatable bonds is 3. The molecule has 0 aromatic rings. The summed E-state index contributed by atoms with van der Waals surface area (Å²) in [6.07, 6.45) is -1.11. The summed E-state index contributed by atoms with van der Waals surface area (Å²) in [7, 11) is 0. The van der Waals surface area contributed by atoms with Crippen molar-refractivity contribution in [1.82, 2.24) is 0 Å². The highest BCUT2D eigenvalue weighted by Crippen LogP contribution is 2.19. The van der Waals surface area contributed by atoms with Gasteiger partial charge in [-0.2, -0.15) is 0 Å². The van der Waals surface area contributed by atoms with Gasteiger partial charge in [0.25, 0.3) is 0 Å². The molecule has 1 aliphatic rings. The molecule has 0 amide bonds. The molecule has 17 heavy (non-hydrogen) atoms. The average molecular weight is 244 g/mol. The Morgan fingerprint density at radius 2 is 1.88 bits per heavy atom. The SMILES string of the molecule is NC(N)=NCC1=CC(O)C(N=C(N)N)C(O)O1. The third kappa shape index (κ3) is 3.81. The van der Waals surface area contributed by atoms with E-state index in [1.165, 1.54) is 6.08 Å². The molecule has 0 aromatic heterocycles. The number of nitrogens with two attached hydrogens (primary N) is 4. The van der Waals surface area contributed by atoms with Gasteiger partial charge >= 0.3 is 0 Å². The fraction of sp³-hybridized carbons (Fsp3) is 0.500. The lowest BCUT2D eigenvalue weighted by atomic mass is 10.1. The highest BCUT2D eigenvalue weighted by Gasteiger charge is 2.32. The van der Waals surface area contributed by atoms with Crippen LogP contribution in [0, 0.1) is 0 Å². The molecule has 0 fully saturated rings. The van der Waals surface area contributed by atoms with Gasteiger partial charge in [0.15, 0.2) is 11.9 Å². The first-order valence-corrected chi connectivity index (χ1v) is 4.77. The van der Waals surface area contributed by atoms with Crippen LogP contribution in [0.4, 0.5) is 0 Å². The van der Waals surface area contributed by atoms with Crippen LogP contribution in [0.1, 0.15) is 0 Å². The van der Waals surface area contributed by atoms with Crippen molar-refractivity contribution in [3.05, 3.63) is 11.8 Å². The van der Waals surface area contributed by atoms with Crippen LogP contribution in [-0.2, 0) is 4.74 Å². The molecule has 9 heteroatoms. The van der Waals surface area contributed by atoms with Crippen LogP contribution in [-0.4, -0.2) is 47.1 Å². The fourth-order valence-electron chi connectivity index (χ4n) is 1.29. The van der Waals surface area contributed by atoms with E-state index in [0.717, 1.165) is 0 Å². The molecule has 0 bridgehead atoms. The van der Waals surface area contributed by atoms with E-state index in [0.29, 0.717) is 0 Å². The van der Waals surface area contributed by atoms with Crippen LogP contribution in [0.5, 0.6) is 0 Å². The molecule has 0 saturated heterocycles. The van der Waals surface area contributed by atoms with Gasteiger partial charge < -0.3 is 37.9 Å². The van der Waals surface area contributed by atoms with E-state index in [-0.39, 0.29) is 24.2 Å². The van der Waals surface area contributed by atoms with E-state index in [1.54, 1.807) is 0 Å². The van der Waals surface area contributed by atoms with Gasteiger partial charge in [-0.25, -0.2) is 9.98 Å². The average Bonchev–Trinajstić information content (AvgIpc) is 2.20. The minimum absolute atomic E-state index is 0.0188. The highest BCUT2D eigenvalue weighted by molar-refractivity contribution is 5.76. The van der Waals surface area contributed by atoms with Crippen molar-refractivity contribution in [2.24, 2.45) is 32.9 Å². The number of guanidine groups is 2. The zero-order chi connectivity index (χ0) is 13.0. The van der Waals surface area contributed by atoms with Gasteiger partial charge in [-0.05, 0) is 6.08 Å². The molecular weight excluding hydrogens is 228 g/mol.